The Labute approximate surface area is 150 Å². The van der Waals surface area contributed by atoms with Crippen LogP contribution < -0.4 is 0 Å². The van der Waals surface area contributed by atoms with Crippen LogP contribution in [0.3, 0.4) is 0 Å². The van der Waals surface area contributed by atoms with E-state index in [9.17, 15) is 9.59 Å². The van der Waals surface area contributed by atoms with Crippen molar-refractivity contribution in [2.45, 2.75) is 51.3 Å². The summed E-state index contributed by atoms with van der Waals surface area (Å²) in [6, 6.07) is 8.66. The Hall–Kier alpha value is -1.76. The van der Waals surface area contributed by atoms with Crippen molar-refractivity contribution in [2.24, 2.45) is 0 Å². The van der Waals surface area contributed by atoms with Gasteiger partial charge in [-0.05, 0) is 42.4 Å². The molecule has 25 heavy (non-hydrogen) atoms. The quantitative estimate of drug-likeness (QED) is 0.590. The lowest BCUT2D eigenvalue weighted by Crippen LogP contribution is -2.45. The number of ketones is 1. The molecular weight excluding hydrogens is 336 g/mol. The van der Waals surface area contributed by atoms with Gasteiger partial charge in [0, 0.05) is 0 Å². The molecular formula is C19H26O5Si. The molecule has 1 aromatic carbocycles. The molecule has 1 aliphatic rings. The zero-order valence-electron chi connectivity index (χ0n) is 15.4. The zero-order chi connectivity index (χ0) is 18.7. The molecule has 0 aliphatic carbocycles. The topological polar surface area (TPSA) is 61.8 Å². The fraction of sp³-hybridized carbons (Fsp3) is 0.474. The molecule has 2 atom stereocenters. The highest BCUT2D eigenvalue weighted by atomic mass is 28.4. The fourth-order valence-electron chi connectivity index (χ4n) is 1.99. The zero-order valence-corrected chi connectivity index (χ0v) is 16.4. The van der Waals surface area contributed by atoms with E-state index in [1.807, 2.05) is 6.07 Å². The molecule has 0 bridgehead atoms. The second kappa shape index (κ2) is 7.64. The van der Waals surface area contributed by atoms with Gasteiger partial charge < -0.3 is 13.9 Å². The highest BCUT2D eigenvalue weighted by Gasteiger charge is 2.39. The molecule has 0 fully saturated rings. The molecule has 0 saturated carbocycles. The van der Waals surface area contributed by atoms with Crippen molar-refractivity contribution in [3.8, 4) is 0 Å². The fourth-order valence-corrected chi connectivity index (χ4v) is 2.99. The first-order chi connectivity index (χ1) is 11.6. The Morgan fingerprint density at radius 3 is 2.44 bits per heavy atom. The van der Waals surface area contributed by atoms with Gasteiger partial charge in [-0.25, -0.2) is 4.79 Å². The van der Waals surface area contributed by atoms with E-state index in [1.54, 1.807) is 24.3 Å². The van der Waals surface area contributed by atoms with Crippen LogP contribution in [0.15, 0.2) is 42.5 Å². The molecule has 136 valence electrons. The average Bonchev–Trinajstić information content (AvgIpc) is 2.55. The molecule has 1 heterocycles. The summed E-state index contributed by atoms with van der Waals surface area (Å²) in [6.45, 7) is 10.8. The largest absolute Gasteiger partial charge is 0.428 e. The van der Waals surface area contributed by atoms with E-state index < -0.39 is 26.7 Å². The third-order valence-corrected chi connectivity index (χ3v) is 9.17. The maximum absolute atomic E-state index is 12.1. The summed E-state index contributed by atoms with van der Waals surface area (Å²) < 4.78 is 17.0. The van der Waals surface area contributed by atoms with Gasteiger partial charge in [0.25, 0.3) is 0 Å². The summed E-state index contributed by atoms with van der Waals surface area (Å²) in [5.74, 6) is -0.667. The molecule has 0 spiro atoms. The minimum absolute atomic E-state index is 0.0414. The Morgan fingerprint density at radius 1 is 1.20 bits per heavy atom. The maximum atomic E-state index is 12.1. The number of carbonyl (C=O) groups excluding carboxylic acids is 2. The smallest absolute Gasteiger partial charge is 0.340 e. The molecule has 0 radical (unpaired) electrons. The third-order valence-electron chi connectivity index (χ3n) is 4.67. The van der Waals surface area contributed by atoms with Crippen LogP contribution in [0.2, 0.25) is 18.1 Å². The van der Waals surface area contributed by atoms with Gasteiger partial charge in [0.15, 0.2) is 14.1 Å². The molecule has 6 heteroatoms. The van der Waals surface area contributed by atoms with Gasteiger partial charge >= 0.3 is 5.97 Å². The summed E-state index contributed by atoms with van der Waals surface area (Å²) in [7, 11) is -1.99. The van der Waals surface area contributed by atoms with Gasteiger partial charge in [0.05, 0.1) is 12.2 Å². The number of rotatable bonds is 5. The molecule has 0 unspecified atom stereocenters. The first-order valence-corrected chi connectivity index (χ1v) is 11.3. The Morgan fingerprint density at radius 2 is 1.84 bits per heavy atom. The second-order valence-corrected chi connectivity index (χ2v) is 12.4. The van der Waals surface area contributed by atoms with Crippen LogP contribution in [-0.4, -0.2) is 39.1 Å². The monoisotopic (exact) mass is 362 g/mol. The molecule has 5 nitrogen and oxygen atoms in total. The highest BCUT2D eigenvalue weighted by molar-refractivity contribution is 6.74. The van der Waals surface area contributed by atoms with E-state index in [0.29, 0.717) is 5.56 Å². The summed E-state index contributed by atoms with van der Waals surface area (Å²) in [4.78, 5) is 24.1. The Bertz CT molecular complexity index is 646. The van der Waals surface area contributed by atoms with E-state index in [4.69, 9.17) is 13.9 Å². The van der Waals surface area contributed by atoms with E-state index in [1.165, 1.54) is 12.2 Å². The molecule has 2 rings (SSSR count). The number of hydrogen-bond acceptors (Lipinski definition) is 5. The first-order valence-electron chi connectivity index (χ1n) is 8.38. The highest BCUT2D eigenvalue weighted by Crippen LogP contribution is 2.36. The Balaban J connectivity index is 1.96. The van der Waals surface area contributed by atoms with Crippen molar-refractivity contribution in [1.82, 2.24) is 0 Å². The molecule has 1 aliphatic heterocycles. The number of esters is 1. The van der Waals surface area contributed by atoms with Gasteiger partial charge in [-0.3, -0.25) is 4.79 Å². The van der Waals surface area contributed by atoms with Crippen molar-refractivity contribution in [2.75, 3.05) is 6.61 Å². The minimum atomic E-state index is -1.99. The van der Waals surface area contributed by atoms with Crippen LogP contribution in [0.4, 0.5) is 0 Å². The number of benzene rings is 1. The van der Waals surface area contributed by atoms with Gasteiger partial charge in [-0.1, -0.05) is 39.0 Å². The lowest BCUT2D eigenvalue weighted by molar-refractivity contribution is -0.154. The summed E-state index contributed by atoms with van der Waals surface area (Å²) in [5.41, 5.74) is 0.436. The lowest BCUT2D eigenvalue weighted by Gasteiger charge is -2.37. The van der Waals surface area contributed by atoms with Crippen LogP contribution in [-0.2, 0) is 18.7 Å². The van der Waals surface area contributed by atoms with Crippen molar-refractivity contribution >= 4 is 20.1 Å². The number of hydrogen-bond donors (Lipinski definition) is 0. The number of carbonyl (C=O) groups is 2. The van der Waals surface area contributed by atoms with Gasteiger partial charge in [0.2, 0.25) is 6.29 Å². The lowest BCUT2D eigenvalue weighted by atomic mass is 10.2. The minimum Gasteiger partial charge on any atom is -0.428 e. The van der Waals surface area contributed by atoms with E-state index in [2.05, 4.69) is 33.9 Å². The van der Waals surface area contributed by atoms with Crippen LogP contribution in [0.1, 0.15) is 31.1 Å². The second-order valence-electron chi connectivity index (χ2n) is 7.60. The van der Waals surface area contributed by atoms with Crippen molar-refractivity contribution in [3.63, 3.8) is 0 Å². The van der Waals surface area contributed by atoms with Gasteiger partial charge in [-0.2, -0.15) is 0 Å². The van der Waals surface area contributed by atoms with Crippen LogP contribution >= 0.6 is 0 Å². The number of ether oxygens (including phenoxy) is 2. The van der Waals surface area contributed by atoms with Gasteiger partial charge in [-0.15, -0.1) is 0 Å². The normalized spacial score (nSPS) is 21.2. The predicted molar refractivity (Wildman–Crippen MR) is 97.8 cm³/mol. The molecule has 0 amide bonds. The van der Waals surface area contributed by atoms with Crippen LogP contribution in [0, 0.1) is 0 Å². The summed E-state index contributed by atoms with van der Waals surface area (Å²) in [5, 5.41) is 0.0414. The van der Waals surface area contributed by atoms with Crippen LogP contribution in [0.5, 0.6) is 0 Å². The van der Waals surface area contributed by atoms with Crippen molar-refractivity contribution < 1.29 is 23.5 Å². The van der Waals surface area contributed by atoms with Crippen molar-refractivity contribution in [1.29, 1.82) is 0 Å². The molecule has 0 aromatic heterocycles. The standard InChI is InChI=1S/C19H26O5Si/c1-19(2,3)25(4,5)22-13-16-15(20)11-12-17(23-16)24-18(21)14-9-7-6-8-10-14/h6-12,16-17H,13H2,1-5H3/t16-,17-/m1/s1. The molecule has 0 saturated heterocycles. The average molecular weight is 362 g/mol. The summed E-state index contributed by atoms with van der Waals surface area (Å²) >= 11 is 0. The Kier molecular flexibility index (Phi) is 5.98. The maximum Gasteiger partial charge on any atom is 0.340 e. The van der Waals surface area contributed by atoms with Crippen LogP contribution in [0.25, 0.3) is 0 Å². The molecule has 1 aromatic rings. The van der Waals surface area contributed by atoms with E-state index in [0.717, 1.165) is 0 Å². The van der Waals surface area contributed by atoms with E-state index >= 15 is 0 Å². The SMILES string of the molecule is CC(C)(C)[Si](C)(C)OC[C@H]1O[C@H](OC(=O)c2ccccc2)C=CC1=O. The first kappa shape index (κ1) is 19.6. The van der Waals surface area contributed by atoms with Crippen molar-refractivity contribution in [3.05, 3.63) is 48.0 Å². The molecule has 0 N–H and O–H groups in total. The van der Waals surface area contributed by atoms with E-state index in [-0.39, 0.29) is 17.4 Å². The van der Waals surface area contributed by atoms with Gasteiger partial charge in [0.1, 0.15) is 6.10 Å². The summed E-state index contributed by atoms with van der Waals surface area (Å²) in [6.07, 6.45) is 1.20. The third kappa shape index (κ3) is 5.10. The predicted octanol–water partition coefficient (Wildman–Crippen LogP) is 3.72.